The molecule has 1 unspecified atom stereocenters. The Morgan fingerprint density at radius 2 is 1.50 bits per heavy atom. The summed E-state index contributed by atoms with van der Waals surface area (Å²) in [6.45, 7) is -4.43. The van der Waals surface area contributed by atoms with Crippen LogP contribution in [0.25, 0.3) is 0 Å². The van der Waals surface area contributed by atoms with Gasteiger partial charge in [0, 0.05) is 11.2 Å². The summed E-state index contributed by atoms with van der Waals surface area (Å²) in [5, 5.41) is 0. The Labute approximate surface area is 98.1 Å². The fourth-order valence-corrected chi connectivity index (χ4v) is 1.97. The number of halogens is 6. The summed E-state index contributed by atoms with van der Waals surface area (Å²) >= 11 is 30.8. The minimum atomic E-state index is -4.43. The van der Waals surface area contributed by atoms with Crippen LogP contribution in [-0.4, -0.2) is 13.2 Å². The summed E-state index contributed by atoms with van der Waals surface area (Å²) in [5.74, 6) is 0. The second-order valence-electron chi connectivity index (χ2n) is 1.56. The van der Waals surface area contributed by atoms with Gasteiger partial charge >= 0.3 is 6.95 Å². The zero-order valence-electron chi connectivity index (χ0n) is 4.98. The molecule has 0 spiro atoms. The molecule has 0 heterocycles. The Morgan fingerprint density at radius 3 is 1.58 bits per heavy atom. The standard InChI is InChI=1S/C2HCl6O3P/c3-1(4,5)2(6,7)11-12(8,9)10/h(H,9,10). The zero-order chi connectivity index (χ0) is 10.2. The molecule has 0 aromatic heterocycles. The van der Waals surface area contributed by atoms with Crippen molar-refractivity contribution in [3.63, 3.8) is 0 Å². The van der Waals surface area contributed by atoms with Gasteiger partial charge in [-0.25, -0.2) is 4.57 Å². The summed E-state index contributed by atoms with van der Waals surface area (Å²) < 4.78 is 9.66. The molecule has 0 saturated carbocycles. The van der Waals surface area contributed by atoms with Gasteiger partial charge in [-0.05, 0) is 0 Å². The van der Waals surface area contributed by atoms with Crippen LogP contribution >= 0.6 is 76.2 Å². The lowest BCUT2D eigenvalue weighted by atomic mass is 10.8. The highest BCUT2D eigenvalue weighted by Crippen LogP contribution is 2.59. The monoisotopic (exact) mass is 314 g/mol. The lowest BCUT2D eigenvalue weighted by Gasteiger charge is -2.26. The minimum Gasteiger partial charge on any atom is -0.313 e. The maximum Gasteiger partial charge on any atom is 0.424 e. The van der Waals surface area contributed by atoms with Gasteiger partial charge < -0.3 is 4.89 Å². The summed E-state index contributed by atoms with van der Waals surface area (Å²) in [7, 11) is 0. The molecule has 0 aliphatic rings. The average Bonchev–Trinajstić information content (AvgIpc) is 1.52. The van der Waals surface area contributed by atoms with E-state index >= 15 is 0 Å². The molecule has 0 rings (SSSR count). The van der Waals surface area contributed by atoms with E-state index in [-0.39, 0.29) is 0 Å². The first-order valence-electron chi connectivity index (χ1n) is 2.13. The molecule has 0 saturated heterocycles. The number of alkyl halides is 5. The smallest absolute Gasteiger partial charge is 0.313 e. The third kappa shape index (κ3) is 4.94. The van der Waals surface area contributed by atoms with Gasteiger partial charge in [0.1, 0.15) is 0 Å². The van der Waals surface area contributed by atoms with Crippen molar-refractivity contribution in [2.75, 3.05) is 0 Å². The largest absolute Gasteiger partial charge is 0.424 e. The summed E-state index contributed by atoms with van der Waals surface area (Å²) in [6, 6.07) is 0. The second kappa shape index (κ2) is 4.18. The van der Waals surface area contributed by atoms with E-state index in [9.17, 15) is 4.57 Å². The Morgan fingerprint density at radius 1 is 1.17 bits per heavy atom. The summed E-state index contributed by atoms with van der Waals surface area (Å²) in [5.41, 5.74) is 0. The molecule has 0 aliphatic heterocycles. The van der Waals surface area contributed by atoms with E-state index in [2.05, 4.69) is 4.52 Å². The first-order valence-corrected chi connectivity index (χ1v) is 6.51. The molecule has 12 heavy (non-hydrogen) atoms. The molecule has 74 valence electrons. The van der Waals surface area contributed by atoms with Crippen molar-refractivity contribution < 1.29 is 14.0 Å². The van der Waals surface area contributed by atoms with Crippen LogP contribution in [0.15, 0.2) is 0 Å². The van der Waals surface area contributed by atoms with E-state index in [4.69, 9.17) is 74.1 Å². The van der Waals surface area contributed by atoms with Crippen LogP contribution in [-0.2, 0) is 9.09 Å². The quantitative estimate of drug-likeness (QED) is 0.622. The minimum absolute atomic E-state index is 2.29. The highest BCUT2D eigenvalue weighted by Gasteiger charge is 2.51. The third-order valence-electron chi connectivity index (χ3n) is 0.557. The van der Waals surface area contributed by atoms with Crippen molar-refractivity contribution >= 4 is 76.2 Å². The average molecular weight is 317 g/mol. The first kappa shape index (κ1) is 13.9. The predicted molar refractivity (Wildman–Crippen MR) is 51.5 cm³/mol. The van der Waals surface area contributed by atoms with E-state index in [1.54, 1.807) is 0 Å². The van der Waals surface area contributed by atoms with E-state index < -0.39 is 15.3 Å². The molecule has 0 bridgehead atoms. The van der Waals surface area contributed by atoms with Gasteiger partial charge in [0.05, 0.1) is 0 Å². The molecule has 0 radical (unpaired) electrons. The van der Waals surface area contributed by atoms with Crippen LogP contribution in [0, 0.1) is 0 Å². The van der Waals surface area contributed by atoms with E-state index in [0.717, 1.165) is 0 Å². The molecule has 3 nitrogen and oxygen atoms in total. The van der Waals surface area contributed by atoms with Crippen LogP contribution in [0.1, 0.15) is 0 Å². The molecular weight excluding hydrogens is 316 g/mol. The van der Waals surface area contributed by atoms with Crippen molar-refractivity contribution in [2.45, 2.75) is 8.31 Å². The molecule has 1 N–H and O–H groups in total. The molecular formula is C2HCl6O3P. The highest BCUT2D eigenvalue weighted by atomic mass is 35.7. The number of rotatable bonds is 2. The van der Waals surface area contributed by atoms with Crippen LogP contribution in [0.2, 0.25) is 0 Å². The maximum absolute atomic E-state index is 10.4. The van der Waals surface area contributed by atoms with E-state index in [0.29, 0.717) is 0 Å². The lowest BCUT2D eigenvalue weighted by molar-refractivity contribution is 0.219. The second-order valence-corrected chi connectivity index (χ2v) is 7.46. The van der Waals surface area contributed by atoms with Gasteiger partial charge in [0.15, 0.2) is 0 Å². The Kier molecular flexibility index (Phi) is 4.83. The zero-order valence-corrected chi connectivity index (χ0v) is 10.4. The first-order chi connectivity index (χ1) is 4.96. The van der Waals surface area contributed by atoms with Crippen LogP contribution in [0.4, 0.5) is 0 Å². The van der Waals surface area contributed by atoms with Crippen molar-refractivity contribution in [1.82, 2.24) is 0 Å². The third-order valence-corrected chi connectivity index (χ3v) is 3.58. The fourth-order valence-electron chi connectivity index (χ4n) is 0.193. The molecule has 0 aromatic rings. The van der Waals surface area contributed by atoms with Crippen molar-refractivity contribution in [3.05, 3.63) is 0 Å². The molecule has 0 aromatic carbocycles. The summed E-state index contributed by atoms with van der Waals surface area (Å²) in [6.07, 6.45) is 0. The topological polar surface area (TPSA) is 46.5 Å². The summed E-state index contributed by atoms with van der Waals surface area (Å²) in [4.78, 5) is 8.47. The van der Waals surface area contributed by atoms with Crippen molar-refractivity contribution in [2.24, 2.45) is 0 Å². The van der Waals surface area contributed by atoms with E-state index in [1.165, 1.54) is 0 Å². The van der Waals surface area contributed by atoms with Crippen LogP contribution in [0.5, 0.6) is 0 Å². The predicted octanol–water partition coefficient (Wildman–Crippen LogP) is 3.84. The number of hydrogen-bond acceptors (Lipinski definition) is 2. The van der Waals surface area contributed by atoms with Crippen molar-refractivity contribution in [1.29, 1.82) is 0 Å². The normalized spacial score (nSPS) is 18.9. The van der Waals surface area contributed by atoms with Gasteiger partial charge in [-0.3, -0.25) is 4.52 Å². The molecule has 0 amide bonds. The molecule has 10 heteroatoms. The van der Waals surface area contributed by atoms with Crippen LogP contribution in [0.3, 0.4) is 0 Å². The SMILES string of the molecule is O=P(O)(Cl)OC(Cl)(Cl)C(Cl)(Cl)Cl. The molecule has 1 atom stereocenters. The maximum atomic E-state index is 10.4. The van der Waals surface area contributed by atoms with Gasteiger partial charge in [-0.1, -0.05) is 58.0 Å². The Bertz CT molecular complexity index is 203. The Hall–Kier alpha value is 1.89. The molecule has 0 aliphatic carbocycles. The van der Waals surface area contributed by atoms with Crippen LogP contribution < -0.4 is 0 Å². The highest BCUT2D eigenvalue weighted by molar-refractivity contribution is 7.80. The van der Waals surface area contributed by atoms with Crippen molar-refractivity contribution in [3.8, 4) is 0 Å². The van der Waals surface area contributed by atoms with Gasteiger partial charge in [-0.15, -0.1) is 0 Å². The van der Waals surface area contributed by atoms with E-state index in [1.807, 2.05) is 0 Å². The Balaban J connectivity index is 4.56. The fraction of sp³-hybridized carbons (Fsp3) is 1.00. The van der Waals surface area contributed by atoms with Gasteiger partial charge in [0.25, 0.3) is 4.52 Å². The lowest BCUT2D eigenvalue weighted by Crippen LogP contribution is -2.32. The number of hydrogen-bond donors (Lipinski definition) is 1. The van der Waals surface area contributed by atoms with Gasteiger partial charge in [-0.2, -0.15) is 0 Å². The molecule has 0 fully saturated rings. The van der Waals surface area contributed by atoms with Gasteiger partial charge in [0.2, 0.25) is 3.79 Å².